The van der Waals surface area contributed by atoms with Gasteiger partial charge >= 0.3 is 6.18 Å². The zero-order valence-corrected chi connectivity index (χ0v) is 18.6. The first-order valence-electron chi connectivity index (χ1n) is 10.9. The lowest BCUT2D eigenvalue weighted by molar-refractivity contribution is -0.137. The average molecular weight is 481 g/mol. The molecule has 2 aromatic heterocycles. The molecule has 0 radical (unpaired) electrons. The first kappa shape index (κ1) is 24.1. The van der Waals surface area contributed by atoms with Crippen LogP contribution in [0, 0.1) is 0 Å². The lowest BCUT2D eigenvalue weighted by Crippen LogP contribution is -2.39. The van der Waals surface area contributed by atoms with Crippen LogP contribution >= 0.6 is 0 Å². The van der Waals surface area contributed by atoms with Crippen molar-refractivity contribution in [1.29, 1.82) is 0 Å². The number of nitrogens with one attached hydrogen (secondary N) is 1. The number of amides is 1. The fourth-order valence-electron chi connectivity index (χ4n) is 3.62. The second-order valence-electron chi connectivity index (χ2n) is 8.00. The summed E-state index contributed by atoms with van der Waals surface area (Å²) in [4.78, 5) is 28.8. The summed E-state index contributed by atoms with van der Waals surface area (Å²) in [6.45, 7) is 5.54. The Kier molecular flexibility index (Phi) is 7.14. The summed E-state index contributed by atoms with van der Waals surface area (Å²) in [6, 6.07) is 1.42. The predicted octanol–water partition coefficient (Wildman–Crippen LogP) is 1.52. The summed E-state index contributed by atoms with van der Waals surface area (Å²) in [5.74, 6) is -0.0455. The van der Waals surface area contributed by atoms with Gasteiger partial charge in [-0.25, -0.2) is 9.97 Å². The van der Waals surface area contributed by atoms with Crippen LogP contribution in [0.4, 0.5) is 30.8 Å². The van der Waals surface area contributed by atoms with Crippen molar-refractivity contribution in [3.63, 3.8) is 0 Å². The number of pyridine rings is 1. The largest absolute Gasteiger partial charge is 0.417 e. The molecule has 1 atom stereocenters. The van der Waals surface area contributed by atoms with Crippen LogP contribution in [0.3, 0.4) is 0 Å². The molecule has 1 amide bonds. The molecule has 0 aliphatic carbocycles. The lowest BCUT2D eigenvalue weighted by Gasteiger charge is -2.31. The van der Waals surface area contributed by atoms with Crippen molar-refractivity contribution in [3.8, 4) is 11.3 Å². The van der Waals surface area contributed by atoms with Crippen molar-refractivity contribution in [2.24, 2.45) is 5.73 Å². The van der Waals surface area contributed by atoms with E-state index in [4.69, 9.17) is 15.2 Å². The Labute approximate surface area is 194 Å². The number of hydrogen-bond acceptors (Lipinski definition) is 9. The Morgan fingerprint density at radius 3 is 2.26 bits per heavy atom. The molecule has 34 heavy (non-hydrogen) atoms. The van der Waals surface area contributed by atoms with Crippen LogP contribution in [0.2, 0.25) is 0 Å². The van der Waals surface area contributed by atoms with Gasteiger partial charge in [0, 0.05) is 44.0 Å². The second-order valence-corrected chi connectivity index (χ2v) is 8.00. The van der Waals surface area contributed by atoms with Crippen LogP contribution in [0.5, 0.6) is 0 Å². The molecule has 0 bridgehead atoms. The molecule has 0 saturated carbocycles. The van der Waals surface area contributed by atoms with Crippen LogP contribution in [0.15, 0.2) is 18.3 Å². The third-order valence-electron chi connectivity index (χ3n) is 5.48. The molecule has 2 saturated heterocycles. The SMILES string of the molecule is C[C@H](N)C(=O)Nc1cc(C(F)(F)F)c(-c2cc(N3CCOCC3)nc(N3CCOCC3)n2)cn1. The van der Waals surface area contributed by atoms with E-state index < -0.39 is 23.7 Å². The van der Waals surface area contributed by atoms with E-state index in [2.05, 4.69) is 20.3 Å². The van der Waals surface area contributed by atoms with Gasteiger partial charge in [-0.05, 0) is 13.0 Å². The summed E-state index contributed by atoms with van der Waals surface area (Å²) < 4.78 is 52.9. The fourth-order valence-corrected chi connectivity index (χ4v) is 3.62. The average Bonchev–Trinajstić information content (AvgIpc) is 2.84. The minimum atomic E-state index is -4.71. The number of halogens is 3. The van der Waals surface area contributed by atoms with E-state index >= 15 is 0 Å². The van der Waals surface area contributed by atoms with Crippen molar-refractivity contribution >= 4 is 23.5 Å². The van der Waals surface area contributed by atoms with E-state index in [0.717, 1.165) is 12.3 Å². The molecule has 13 heteroatoms. The van der Waals surface area contributed by atoms with Gasteiger partial charge in [0.05, 0.1) is 43.7 Å². The molecule has 10 nitrogen and oxygen atoms in total. The van der Waals surface area contributed by atoms with E-state index in [-0.39, 0.29) is 17.1 Å². The number of rotatable bonds is 5. The highest BCUT2D eigenvalue weighted by Crippen LogP contribution is 2.38. The maximum Gasteiger partial charge on any atom is 0.417 e. The van der Waals surface area contributed by atoms with Crippen molar-refractivity contribution in [3.05, 3.63) is 23.9 Å². The van der Waals surface area contributed by atoms with E-state index in [0.29, 0.717) is 64.4 Å². The number of carbonyl (C=O) groups is 1. The molecule has 0 spiro atoms. The summed E-state index contributed by atoms with van der Waals surface area (Å²) >= 11 is 0. The van der Waals surface area contributed by atoms with E-state index in [1.165, 1.54) is 13.0 Å². The quantitative estimate of drug-likeness (QED) is 0.655. The van der Waals surface area contributed by atoms with Crippen LogP contribution < -0.4 is 20.9 Å². The summed E-state index contributed by atoms with van der Waals surface area (Å²) in [5.41, 5.74) is 4.40. The lowest BCUT2D eigenvalue weighted by atomic mass is 10.1. The zero-order chi connectivity index (χ0) is 24.3. The highest BCUT2D eigenvalue weighted by molar-refractivity contribution is 5.93. The topological polar surface area (TPSA) is 119 Å². The van der Waals surface area contributed by atoms with Gasteiger partial charge in [0.1, 0.15) is 11.6 Å². The third-order valence-corrected chi connectivity index (χ3v) is 5.48. The van der Waals surface area contributed by atoms with Crippen molar-refractivity contribution in [2.45, 2.75) is 19.1 Å². The first-order chi connectivity index (χ1) is 16.2. The van der Waals surface area contributed by atoms with Gasteiger partial charge in [0.15, 0.2) is 0 Å². The van der Waals surface area contributed by atoms with Gasteiger partial charge in [-0.15, -0.1) is 0 Å². The Hall–Kier alpha value is -3.03. The Bertz CT molecular complexity index is 987. The number of morpholine rings is 2. The normalized spacial score (nSPS) is 18.0. The molecular formula is C21H26F3N7O3. The number of nitrogens with zero attached hydrogens (tertiary/aromatic N) is 5. The fraction of sp³-hybridized carbons (Fsp3) is 0.524. The Morgan fingerprint density at radius 2 is 1.68 bits per heavy atom. The third kappa shape index (κ3) is 5.54. The highest BCUT2D eigenvalue weighted by Gasteiger charge is 2.35. The van der Waals surface area contributed by atoms with Gasteiger partial charge < -0.3 is 30.3 Å². The molecule has 3 N–H and O–H groups in total. The number of nitrogens with two attached hydrogens (primary N) is 1. The van der Waals surface area contributed by atoms with E-state index in [1.54, 1.807) is 0 Å². The molecule has 4 rings (SSSR count). The van der Waals surface area contributed by atoms with E-state index in [9.17, 15) is 18.0 Å². The van der Waals surface area contributed by atoms with Gasteiger partial charge in [-0.2, -0.15) is 18.2 Å². The van der Waals surface area contributed by atoms with Crippen molar-refractivity contribution in [1.82, 2.24) is 15.0 Å². The van der Waals surface area contributed by atoms with Crippen LogP contribution in [-0.4, -0.2) is 79.5 Å². The zero-order valence-electron chi connectivity index (χ0n) is 18.6. The molecule has 2 aliphatic rings. The number of aromatic nitrogens is 3. The summed E-state index contributed by atoms with van der Waals surface area (Å²) in [5, 5.41) is 2.31. The smallest absolute Gasteiger partial charge is 0.378 e. The second kappa shape index (κ2) is 10.1. The minimum absolute atomic E-state index is 0.0860. The maximum atomic E-state index is 14.1. The number of hydrogen-bond donors (Lipinski definition) is 2. The minimum Gasteiger partial charge on any atom is -0.378 e. The predicted molar refractivity (Wildman–Crippen MR) is 119 cm³/mol. The molecular weight excluding hydrogens is 455 g/mol. The standard InChI is InChI=1S/C21H26F3N7O3/c1-13(25)19(32)28-17-10-15(21(22,23)24)14(12-26-17)16-11-18(30-2-6-33-7-3-30)29-20(27-16)31-4-8-34-9-5-31/h10-13H,2-9,25H2,1H3,(H,26,28,32)/t13-/m0/s1. The van der Waals surface area contributed by atoms with Crippen LogP contribution in [-0.2, 0) is 20.4 Å². The maximum absolute atomic E-state index is 14.1. The molecule has 184 valence electrons. The number of alkyl halides is 3. The summed E-state index contributed by atoms with van der Waals surface area (Å²) in [6.07, 6.45) is -3.65. The van der Waals surface area contributed by atoms with Crippen LogP contribution in [0.1, 0.15) is 12.5 Å². The number of ether oxygens (including phenoxy) is 2. The number of anilines is 3. The van der Waals surface area contributed by atoms with Crippen molar-refractivity contribution in [2.75, 3.05) is 67.7 Å². The molecule has 2 aliphatic heterocycles. The van der Waals surface area contributed by atoms with Gasteiger partial charge in [0.2, 0.25) is 11.9 Å². The molecule has 2 aromatic rings. The van der Waals surface area contributed by atoms with Crippen LogP contribution in [0.25, 0.3) is 11.3 Å². The first-order valence-corrected chi connectivity index (χ1v) is 10.9. The van der Waals surface area contributed by atoms with Gasteiger partial charge in [0.25, 0.3) is 0 Å². The molecule has 0 aromatic carbocycles. The number of carbonyl (C=O) groups excluding carboxylic acids is 1. The monoisotopic (exact) mass is 481 g/mol. The highest BCUT2D eigenvalue weighted by atomic mass is 19.4. The summed E-state index contributed by atoms with van der Waals surface area (Å²) in [7, 11) is 0. The van der Waals surface area contributed by atoms with Crippen molar-refractivity contribution < 1.29 is 27.4 Å². The Morgan fingerprint density at radius 1 is 1.06 bits per heavy atom. The molecule has 2 fully saturated rings. The van der Waals surface area contributed by atoms with Gasteiger partial charge in [-0.3, -0.25) is 4.79 Å². The van der Waals surface area contributed by atoms with E-state index in [1.807, 2.05) is 9.80 Å². The van der Waals surface area contributed by atoms with Gasteiger partial charge in [-0.1, -0.05) is 0 Å². The molecule has 4 heterocycles. The Balaban J connectivity index is 1.78. The molecule has 0 unspecified atom stereocenters.